The van der Waals surface area contributed by atoms with Crippen LogP contribution in [0.15, 0.2) is 36.7 Å². The van der Waals surface area contributed by atoms with Gasteiger partial charge in [0, 0.05) is 50.3 Å². The Hall–Kier alpha value is -2.24. The zero-order valence-corrected chi connectivity index (χ0v) is 10.8. The summed E-state index contributed by atoms with van der Waals surface area (Å²) in [4.78, 5) is 11.6. The quantitative estimate of drug-likeness (QED) is 0.786. The molecule has 1 saturated heterocycles. The van der Waals surface area contributed by atoms with Crippen LogP contribution in [-0.2, 0) is 0 Å². The van der Waals surface area contributed by atoms with Crippen LogP contribution in [0.2, 0.25) is 0 Å². The van der Waals surface area contributed by atoms with E-state index in [4.69, 9.17) is 0 Å². The molecule has 0 bridgehead atoms. The van der Waals surface area contributed by atoms with Crippen LogP contribution in [-0.4, -0.2) is 36.1 Å². The molecule has 4 nitrogen and oxygen atoms in total. The summed E-state index contributed by atoms with van der Waals surface area (Å²) >= 11 is 0. The molecular formula is C14H14F2N4. The summed E-state index contributed by atoms with van der Waals surface area (Å²) in [6, 6.07) is 6.18. The number of halogens is 2. The van der Waals surface area contributed by atoms with Crippen LogP contribution in [0.4, 0.5) is 20.3 Å². The highest BCUT2D eigenvalue weighted by Crippen LogP contribution is 2.20. The number of pyridine rings is 2. The van der Waals surface area contributed by atoms with E-state index in [-0.39, 0.29) is 5.82 Å². The fourth-order valence-electron chi connectivity index (χ4n) is 2.38. The molecule has 1 fully saturated rings. The monoisotopic (exact) mass is 276 g/mol. The normalized spacial score (nSPS) is 15.5. The summed E-state index contributed by atoms with van der Waals surface area (Å²) < 4.78 is 26.8. The van der Waals surface area contributed by atoms with E-state index in [9.17, 15) is 8.78 Å². The van der Waals surface area contributed by atoms with Gasteiger partial charge in [0.15, 0.2) is 11.6 Å². The molecule has 0 unspecified atom stereocenters. The molecule has 0 spiro atoms. The van der Waals surface area contributed by atoms with Crippen molar-refractivity contribution in [1.29, 1.82) is 0 Å². The number of piperazine rings is 1. The van der Waals surface area contributed by atoms with E-state index in [1.807, 2.05) is 4.90 Å². The van der Waals surface area contributed by atoms with Gasteiger partial charge in [-0.2, -0.15) is 4.39 Å². The molecule has 0 N–H and O–H groups in total. The summed E-state index contributed by atoms with van der Waals surface area (Å²) in [5, 5.41) is 0. The van der Waals surface area contributed by atoms with Crippen molar-refractivity contribution in [3.8, 4) is 0 Å². The maximum absolute atomic E-state index is 13.7. The van der Waals surface area contributed by atoms with Gasteiger partial charge in [0.25, 0.3) is 0 Å². The van der Waals surface area contributed by atoms with Crippen LogP contribution in [0.1, 0.15) is 0 Å². The minimum Gasteiger partial charge on any atom is -0.368 e. The van der Waals surface area contributed by atoms with Gasteiger partial charge in [0.1, 0.15) is 0 Å². The first-order chi connectivity index (χ1) is 9.74. The van der Waals surface area contributed by atoms with Crippen LogP contribution >= 0.6 is 0 Å². The topological polar surface area (TPSA) is 32.3 Å². The highest BCUT2D eigenvalue weighted by molar-refractivity contribution is 5.48. The summed E-state index contributed by atoms with van der Waals surface area (Å²) in [5.41, 5.74) is 0.804. The number of nitrogens with zero attached hydrogens (tertiary/aromatic N) is 4. The van der Waals surface area contributed by atoms with Crippen molar-refractivity contribution in [3.63, 3.8) is 0 Å². The molecule has 0 atom stereocenters. The highest BCUT2D eigenvalue weighted by atomic mass is 19.1. The fraction of sp³-hybridized carbons (Fsp3) is 0.286. The summed E-state index contributed by atoms with van der Waals surface area (Å²) in [7, 11) is 0. The third kappa shape index (κ3) is 2.54. The Bertz CT molecular complexity index is 597. The lowest BCUT2D eigenvalue weighted by atomic mass is 10.2. The maximum Gasteiger partial charge on any atom is 0.214 e. The largest absolute Gasteiger partial charge is 0.368 e. The Morgan fingerprint density at radius 1 is 0.900 bits per heavy atom. The molecular weight excluding hydrogens is 262 g/mol. The number of aromatic nitrogens is 2. The van der Waals surface area contributed by atoms with Crippen molar-refractivity contribution < 1.29 is 8.78 Å². The first-order valence-electron chi connectivity index (χ1n) is 6.46. The van der Waals surface area contributed by atoms with Gasteiger partial charge < -0.3 is 9.80 Å². The number of anilines is 2. The number of hydrogen-bond donors (Lipinski definition) is 0. The maximum atomic E-state index is 13.7. The zero-order valence-electron chi connectivity index (χ0n) is 10.8. The van der Waals surface area contributed by atoms with Crippen molar-refractivity contribution in [3.05, 3.63) is 48.4 Å². The average molecular weight is 276 g/mol. The molecule has 104 valence electrons. The lowest BCUT2D eigenvalue weighted by molar-refractivity contribution is 0.576. The molecule has 1 aliphatic heterocycles. The smallest absolute Gasteiger partial charge is 0.214 e. The molecule has 6 heteroatoms. The third-order valence-electron chi connectivity index (χ3n) is 3.39. The molecule has 1 aliphatic rings. The van der Waals surface area contributed by atoms with E-state index in [0.717, 1.165) is 5.69 Å². The van der Waals surface area contributed by atoms with E-state index >= 15 is 0 Å². The lowest BCUT2D eigenvalue weighted by Gasteiger charge is -2.36. The third-order valence-corrected chi connectivity index (χ3v) is 3.39. The van der Waals surface area contributed by atoms with Crippen LogP contribution in [0.3, 0.4) is 0 Å². The lowest BCUT2D eigenvalue weighted by Crippen LogP contribution is -2.47. The van der Waals surface area contributed by atoms with Crippen molar-refractivity contribution in [2.75, 3.05) is 36.0 Å². The number of hydrogen-bond acceptors (Lipinski definition) is 4. The average Bonchev–Trinajstić information content (AvgIpc) is 2.48. The van der Waals surface area contributed by atoms with Gasteiger partial charge in [0.05, 0.1) is 0 Å². The number of rotatable bonds is 2. The van der Waals surface area contributed by atoms with Gasteiger partial charge in [-0.25, -0.2) is 14.4 Å². The van der Waals surface area contributed by atoms with Crippen LogP contribution < -0.4 is 9.80 Å². The minimum absolute atomic E-state index is 0.309. The fourth-order valence-corrected chi connectivity index (χ4v) is 2.38. The standard InChI is InChI=1S/C14H14F2N4/c15-12-2-1-4-18-14(12)20-8-6-19(7-9-20)11-3-5-17-13(16)10-11/h1-5,10H,6-9H2. The van der Waals surface area contributed by atoms with E-state index in [0.29, 0.717) is 32.0 Å². The molecule has 2 aromatic heterocycles. The SMILES string of the molecule is Fc1cc(N2CCN(c3ncccc3F)CC2)ccn1. The van der Waals surface area contributed by atoms with E-state index in [1.165, 1.54) is 18.3 Å². The van der Waals surface area contributed by atoms with Crippen LogP contribution in [0.25, 0.3) is 0 Å². The Morgan fingerprint density at radius 2 is 1.65 bits per heavy atom. The molecule has 0 aromatic carbocycles. The van der Waals surface area contributed by atoms with Gasteiger partial charge in [-0.05, 0) is 18.2 Å². The first kappa shape index (κ1) is 12.8. The highest BCUT2D eigenvalue weighted by Gasteiger charge is 2.20. The molecule has 0 aliphatic carbocycles. The summed E-state index contributed by atoms with van der Waals surface area (Å²) in [6.45, 7) is 2.69. The predicted octanol–water partition coefficient (Wildman–Crippen LogP) is 2.08. The molecule has 0 saturated carbocycles. The molecule has 3 rings (SSSR count). The van der Waals surface area contributed by atoms with Crippen molar-refractivity contribution in [2.45, 2.75) is 0 Å². The second kappa shape index (κ2) is 5.40. The first-order valence-corrected chi connectivity index (χ1v) is 6.46. The van der Waals surface area contributed by atoms with Crippen molar-refractivity contribution >= 4 is 11.5 Å². The van der Waals surface area contributed by atoms with Gasteiger partial charge >= 0.3 is 0 Å². The minimum atomic E-state index is -0.485. The van der Waals surface area contributed by atoms with Crippen molar-refractivity contribution in [1.82, 2.24) is 9.97 Å². The molecule has 2 aromatic rings. The van der Waals surface area contributed by atoms with Crippen molar-refractivity contribution in [2.24, 2.45) is 0 Å². The predicted molar refractivity (Wildman–Crippen MR) is 72.8 cm³/mol. The van der Waals surface area contributed by atoms with E-state index in [2.05, 4.69) is 14.9 Å². The van der Waals surface area contributed by atoms with Gasteiger partial charge in [-0.3, -0.25) is 0 Å². The summed E-state index contributed by atoms with van der Waals surface area (Å²) in [5.74, 6) is -0.412. The van der Waals surface area contributed by atoms with E-state index < -0.39 is 5.95 Å². The van der Waals surface area contributed by atoms with Gasteiger partial charge in [0.2, 0.25) is 5.95 Å². The van der Waals surface area contributed by atoms with Crippen LogP contribution in [0.5, 0.6) is 0 Å². The van der Waals surface area contributed by atoms with Gasteiger partial charge in [-0.1, -0.05) is 0 Å². The van der Waals surface area contributed by atoms with Gasteiger partial charge in [-0.15, -0.1) is 0 Å². The Morgan fingerprint density at radius 3 is 2.35 bits per heavy atom. The Kier molecular flexibility index (Phi) is 3.45. The summed E-state index contributed by atoms with van der Waals surface area (Å²) in [6.07, 6.45) is 3.04. The molecule has 3 heterocycles. The molecule has 0 amide bonds. The zero-order chi connectivity index (χ0) is 13.9. The molecule has 20 heavy (non-hydrogen) atoms. The second-order valence-electron chi connectivity index (χ2n) is 4.62. The Labute approximate surface area is 115 Å². The Balaban J connectivity index is 1.70. The van der Waals surface area contributed by atoms with E-state index in [1.54, 1.807) is 18.3 Å². The van der Waals surface area contributed by atoms with Crippen LogP contribution in [0, 0.1) is 11.8 Å². The second-order valence-corrected chi connectivity index (χ2v) is 4.62. The molecule has 0 radical (unpaired) electrons.